The van der Waals surface area contributed by atoms with Gasteiger partial charge >= 0.3 is 0 Å². The standard InChI is InChI=1S/C8H11BrN2OS/c9-7-4-11-8(13-7)10-3-6-1-2-12-5-6/h4,6H,1-3,5H2,(H,10,11). The van der Waals surface area contributed by atoms with Crippen molar-refractivity contribution in [1.82, 2.24) is 4.98 Å². The number of halogens is 1. The molecule has 2 heterocycles. The Morgan fingerprint density at radius 2 is 2.69 bits per heavy atom. The van der Waals surface area contributed by atoms with E-state index in [9.17, 15) is 0 Å². The van der Waals surface area contributed by atoms with E-state index in [1.807, 2.05) is 6.20 Å². The van der Waals surface area contributed by atoms with Crippen molar-refractivity contribution in [2.45, 2.75) is 6.42 Å². The summed E-state index contributed by atoms with van der Waals surface area (Å²) in [5.41, 5.74) is 0. The molecule has 5 heteroatoms. The second-order valence-electron chi connectivity index (χ2n) is 3.08. The molecule has 0 bridgehead atoms. The van der Waals surface area contributed by atoms with E-state index in [1.165, 1.54) is 6.42 Å². The molecule has 1 fully saturated rings. The summed E-state index contributed by atoms with van der Waals surface area (Å²) in [5.74, 6) is 0.655. The Kier molecular flexibility index (Phi) is 3.18. The highest BCUT2D eigenvalue weighted by Gasteiger charge is 2.15. The monoisotopic (exact) mass is 262 g/mol. The van der Waals surface area contributed by atoms with Gasteiger partial charge < -0.3 is 10.1 Å². The molecule has 0 aliphatic carbocycles. The minimum absolute atomic E-state index is 0.655. The summed E-state index contributed by atoms with van der Waals surface area (Å²) >= 11 is 5.00. The van der Waals surface area contributed by atoms with Gasteiger partial charge in [0.05, 0.1) is 16.6 Å². The molecule has 3 nitrogen and oxygen atoms in total. The van der Waals surface area contributed by atoms with Gasteiger partial charge in [0.25, 0.3) is 0 Å². The quantitative estimate of drug-likeness (QED) is 0.909. The highest BCUT2D eigenvalue weighted by Crippen LogP contribution is 2.23. The van der Waals surface area contributed by atoms with Gasteiger partial charge in [-0.15, -0.1) is 0 Å². The Labute approximate surface area is 89.6 Å². The third-order valence-corrected chi connectivity index (χ3v) is 3.48. The van der Waals surface area contributed by atoms with Crippen LogP contribution in [0.15, 0.2) is 9.98 Å². The third-order valence-electron chi connectivity index (χ3n) is 2.04. The molecule has 2 rings (SSSR count). The lowest BCUT2D eigenvalue weighted by atomic mass is 10.1. The van der Waals surface area contributed by atoms with E-state index in [2.05, 4.69) is 26.2 Å². The van der Waals surface area contributed by atoms with E-state index in [-0.39, 0.29) is 0 Å². The number of hydrogen-bond donors (Lipinski definition) is 1. The van der Waals surface area contributed by atoms with Crippen LogP contribution >= 0.6 is 27.3 Å². The van der Waals surface area contributed by atoms with Gasteiger partial charge in [0.15, 0.2) is 5.13 Å². The van der Waals surface area contributed by atoms with E-state index in [4.69, 9.17) is 4.74 Å². The van der Waals surface area contributed by atoms with E-state index < -0.39 is 0 Å². The molecule has 0 radical (unpaired) electrons. The van der Waals surface area contributed by atoms with Crippen molar-refractivity contribution in [3.8, 4) is 0 Å². The number of nitrogens with zero attached hydrogens (tertiary/aromatic N) is 1. The average molecular weight is 263 g/mol. The van der Waals surface area contributed by atoms with Crippen LogP contribution in [-0.2, 0) is 4.74 Å². The van der Waals surface area contributed by atoms with E-state index in [1.54, 1.807) is 11.3 Å². The third kappa shape index (κ3) is 2.65. The molecule has 1 aliphatic rings. The van der Waals surface area contributed by atoms with E-state index >= 15 is 0 Å². The predicted molar refractivity (Wildman–Crippen MR) is 57.2 cm³/mol. The highest BCUT2D eigenvalue weighted by atomic mass is 79.9. The maximum atomic E-state index is 5.28. The molecule has 72 valence electrons. The fourth-order valence-corrected chi connectivity index (χ4v) is 2.43. The van der Waals surface area contributed by atoms with Gasteiger partial charge in [-0.25, -0.2) is 4.98 Å². The lowest BCUT2D eigenvalue weighted by Crippen LogP contribution is -2.13. The molecule has 1 aliphatic heterocycles. The summed E-state index contributed by atoms with van der Waals surface area (Å²) in [6, 6.07) is 0. The predicted octanol–water partition coefficient (Wildman–Crippen LogP) is 2.35. The number of thiazole rings is 1. The molecule has 0 spiro atoms. The topological polar surface area (TPSA) is 34.2 Å². The Balaban J connectivity index is 1.78. The van der Waals surface area contributed by atoms with Gasteiger partial charge in [-0.3, -0.25) is 0 Å². The Morgan fingerprint density at radius 3 is 3.31 bits per heavy atom. The Morgan fingerprint density at radius 1 is 1.77 bits per heavy atom. The van der Waals surface area contributed by atoms with Gasteiger partial charge in [0.2, 0.25) is 0 Å². The summed E-state index contributed by atoms with van der Waals surface area (Å²) in [6.07, 6.45) is 2.98. The minimum Gasteiger partial charge on any atom is -0.381 e. The van der Waals surface area contributed by atoms with Gasteiger partial charge in [0, 0.05) is 19.1 Å². The van der Waals surface area contributed by atoms with Crippen LogP contribution in [0.4, 0.5) is 5.13 Å². The Bertz CT molecular complexity index is 273. The summed E-state index contributed by atoms with van der Waals surface area (Å²) in [7, 11) is 0. The summed E-state index contributed by atoms with van der Waals surface area (Å²) < 4.78 is 6.35. The van der Waals surface area contributed by atoms with Crippen molar-refractivity contribution >= 4 is 32.4 Å². The number of anilines is 1. The SMILES string of the molecule is Brc1cnc(NCC2CCOC2)s1. The zero-order valence-corrected chi connectivity index (χ0v) is 9.53. The van der Waals surface area contributed by atoms with Gasteiger partial charge in [-0.05, 0) is 22.4 Å². The van der Waals surface area contributed by atoms with Crippen LogP contribution in [0.2, 0.25) is 0 Å². The normalized spacial score (nSPS) is 22.1. The van der Waals surface area contributed by atoms with Crippen molar-refractivity contribution < 1.29 is 4.74 Å². The van der Waals surface area contributed by atoms with Gasteiger partial charge in [-0.2, -0.15) is 0 Å². The zero-order chi connectivity index (χ0) is 9.10. The zero-order valence-electron chi connectivity index (χ0n) is 7.12. The molecule has 0 aromatic carbocycles. The van der Waals surface area contributed by atoms with Crippen LogP contribution in [0.5, 0.6) is 0 Å². The maximum Gasteiger partial charge on any atom is 0.183 e. The molecule has 1 aromatic rings. The summed E-state index contributed by atoms with van der Waals surface area (Å²) in [4.78, 5) is 4.20. The second-order valence-corrected chi connectivity index (χ2v) is 5.49. The number of nitrogens with one attached hydrogen (secondary N) is 1. The summed E-state index contributed by atoms with van der Waals surface area (Å²) in [6.45, 7) is 2.77. The highest BCUT2D eigenvalue weighted by molar-refractivity contribution is 9.11. The summed E-state index contributed by atoms with van der Waals surface area (Å²) in [5, 5.41) is 4.29. The second kappa shape index (κ2) is 4.39. The molecule has 1 saturated heterocycles. The average Bonchev–Trinajstić information content (AvgIpc) is 2.71. The minimum atomic E-state index is 0.655. The molecule has 1 unspecified atom stereocenters. The first-order valence-corrected chi connectivity index (χ1v) is 5.88. The van der Waals surface area contributed by atoms with Crippen LogP contribution in [0, 0.1) is 5.92 Å². The van der Waals surface area contributed by atoms with Crippen molar-refractivity contribution in [2.75, 3.05) is 25.1 Å². The maximum absolute atomic E-state index is 5.28. The lowest BCUT2D eigenvalue weighted by Gasteiger charge is -2.06. The fraction of sp³-hybridized carbons (Fsp3) is 0.625. The number of ether oxygens (including phenoxy) is 1. The van der Waals surface area contributed by atoms with Crippen molar-refractivity contribution in [2.24, 2.45) is 5.92 Å². The first-order valence-electron chi connectivity index (χ1n) is 4.27. The number of aromatic nitrogens is 1. The van der Waals surface area contributed by atoms with Crippen molar-refractivity contribution in [1.29, 1.82) is 0 Å². The van der Waals surface area contributed by atoms with Crippen LogP contribution in [0.3, 0.4) is 0 Å². The van der Waals surface area contributed by atoms with Crippen LogP contribution < -0.4 is 5.32 Å². The molecular formula is C8H11BrN2OS. The van der Waals surface area contributed by atoms with E-state index in [0.29, 0.717) is 5.92 Å². The van der Waals surface area contributed by atoms with Gasteiger partial charge in [-0.1, -0.05) is 11.3 Å². The molecule has 0 saturated carbocycles. The largest absolute Gasteiger partial charge is 0.381 e. The number of hydrogen-bond acceptors (Lipinski definition) is 4. The van der Waals surface area contributed by atoms with Gasteiger partial charge in [0.1, 0.15) is 0 Å². The van der Waals surface area contributed by atoms with Crippen LogP contribution in [0.1, 0.15) is 6.42 Å². The van der Waals surface area contributed by atoms with Crippen LogP contribution in [0.25, 0.3) is 0 Å². The molecule has 1 aromatic heterocycles. The first kappa shape index (κ1) is 9.43. The molecule has 1 N–H and O–H groups in total. The number of rotatable bonds is 3. The smallest absolute Gasteiger partial charge is 0.183 e. The van der Waals surface area contributed by atoms with Crippen molar-refractivity contribution in [3.05, 3.63) is 9.98 Å². The van der Waals surface area contributed by atoms with E-state index in [0.717, 1.165) is 28.7 Å². The lowest BCUT2D eigenvalue weighted by molar-refractivity contribution is 0.187. The molecular weight excluding hydrogens is 252 g/mol. The fourth-order valence-electron chi connectivity index (χ4n) is 1.31. The molecule has 13 heavy (non-hydrogen) atoms. The molecule has 0 amide bonds. The van der Waals surface area contributed by atoms with Crippen molar-refractivity contribution in [3.63, 3.8) is 0 Å². The molecule has 1 atom stereocenters. The van der Waals surface area contributed by atoms with Crippen LogP contribution in [-0.4, -0.2) is 24.7 Å². The first-order chi connectivity index (χ1) is 6.34. The Hall–Kier alpha value is -0.130.